The standard InChI is InChI=1S/C3HO9.6CH4.2La.3H3N.9H2O/c4-1-8-10-3(6)12-11-2(5)9-7;;;;;;;;;;;;;;;;;;;;/h7H;6*1H4;;;3*1H3;9*1H2/q-1;;;;;;;;;;;;;;;;;;;;. The van der Waals surface area contributed by atoms with Crippen LogP contribution < -0.4 is 18.5 Å². The molecule has 0 aromatic rings. The third-order valence-corrected chi connectivity index (χ3v) is 0.396. The van der Waals surface area contributed by atoms with Gasteiger partial charge in [0.2, 0.25) is 0 Å². The second-order valence-corrected chi connectivity index (χ2v) is 1.01. The second-order valence-electron chi connectivity index (χ2n) is 1.01. The Bertz CT molecular complexity index is 213. The van der Waals surface area contributed by atoms with Gasteiger partial charge in [-0.05, 0) is 6.47 Å². The summed E-state index contributed by atoms with van der Waals surface area (Å²) in [5.41, 5.74) is 0. The van der Waals surface area contributed by atoms with E-state index in [1.165, 1.54) is 0 Å². The van der Waals surface area contributed by atoms with Crippen LogP contribution in [0.15, 0.2) is 0 Å². The Kier molecular flexibility index (Phi) is 1570. The Hall–Kier alpha value is -0.120. The van der Waals surface area contributed by atoms with Gasteiger partial charge in [-0.15, -0.1) is 0 Å². The summed E-state index contributed by atoms with van der Waals surface area (Å²) in [5.74, 6) is 0. The van der Waals surface area contributed by atoms with Crippen molar-refractivity contribution in [2.45, 2.75) is 44.6 Å². The summed E-state index contributed by atoms with van der Waals surface area (Å²) in [6.45, 7) is 0.706. The van der Waals surface area contributed by atoms with E-state index in [1.807, 2.05) is 0 Å². The van der Waals surface area contributed by atoms with Gasteiger partial charge in [-0.1, -0.05) is 44.6 Å². The van der Waals surface area contributed by atoms with Gasteiger partial charge in [0.05, 0.1) is 0 Å². The zero-order valence-electron chi connectivity index (χ0n) is 13.0. The third-order valence-electron chi connectivity index (χ3n) is 0.396. The molecule has 0 saturated carbocycles. The quantitative estimate of drug-likeness (QED) is 0.121. The fourth-order valence-electron chi connectivity index (χ4n) is 0.148. The normalized spacial score (nSPS) is 2.91. The van der Waals surface area contributed by atoms with E-state index in [0.29, 0.717) is 6.47 Å². The van der Waals surface area contributed by atoms with Gasteiger partial charge in [0.15, 0.2) is 0 Å². The van der Waals surface area contributed by atoms with Gasteiger partial charge in [-0.3, -0.25) is 4.89 Å². The van der Waals surface area contributed by atoms with Crippen molar-refractivity contribution < 1.29 is 165 Å². The van der Waals surface area contributed by atoms with E-state index >= 15 is 0 Å². The molecule has 0 aromatic carbocycles. The predicted molar refractivity (Wildman–Crippen MR) is 113 cm³/mol. The van der Waals surface area contributed by atoms with Crippen LogP contribution in [0.25, 0.3) is 0 Å². The summed E-state index contributed by atoms with van der Waals surface area (Å²) < 4.78 is 0. The Morgan fingerprint density at radius 3 is 0.938 bits per heavy atom. The van der Waals surface area contributed by atoms with Crippen LogP contribution in [-0.2, 0) is 29.2 Å². The maximum absolute atomic E-state index is 10.1. The molecular formula is C9H52La2N3O18-. The summed E-state index contributed by atoms with van der Waals surface area (Å²) >= 11 is 0. The predicted octanol–water partition coefficient (Wildman–Crippen LogP) is -3.44. The average molecular weight is 768 g/mol. The first kappa shape index (κ1) is 257. The summed E-state index contributed by atoms with van der Waals surface area (Å²) in [4.78, 5) is 45.5. The Morgan fingerprint density at radius 1 is 0.531 bits per heavy atom. The maximum Gasteiger partial charge on any atom is 0.589 e. The summed E-state index contributed by atoms with van der Waals surface area (Å²) in [6, 6.07) is 0. The molecule has 0 bridgehead atoms. The van der Waals surface area contributed by atoms with Crippen LogP contribution in [0, 0.1) is 71.2 Å². The molecule has 28 N–H and O–H groups in total. The van der Waals surface area contributed by atoms with Crippen LogP contribution in [0.3, 0.4) is 0 Å². The Balaban J connectivity index is -0.00000000318. The van der Waals surface area contributed by atoms with Crippen molar-refractivity contribution in [1.29, 1.82) is 0 Å². The van der Waals surface area contributed by atoms with Crippen molar-refractivity contribution in [2.75, 3.05) is 0 Å². The molecule has 0 unspecified atom stereocenters. The first-order valence-corrected chi connectivity index (χ1v) is 2.15. The first-order valence-electron chi connectivity index (χ1n) is 2.15. The third kappa shape index (κ3) is 211. The van der Waals surface area contributed by atoms with Gasteiger partial charge >= 0.3 is 12.3 Å². The van der Waals surface area contributed by atoms with E-state index in [2.05, 4.69) is 24.4 Å². The monoisotopic (exact) mass is 768 g/mol. The molecule has 32 heavy (non-hydrogen) atoms. The van der Waals surface area contributed by atoms with E-state index in [4.69, 9.17) is 5.26 Å². The molecule has 0 heterocycles. The molecule has 0 spiro atoms. The van der Waals surface area contributed by atoms with Crippen LogP contribution in [0.4, 0.5) is 9.59 Å². The molecule has 0 amide bonds. The van der Waals surface area contributed by atoms with Gasteiger partial charge < -0.3 is 77.4 Å². The molecule has 23 heteroatoms. The van der Waals surface area contributed by atoms with E-state index < -0.39 is 12.3 Å². The minimum Gasteiger partial charge on any atom is -0.494 e. The van der Waals surface area contributed by atoms with Crippen molar-refractivity contribution >= 4 is 18.8 Å². The van der Waals surface area contributed by atoms with Crippen LogP contribution >= 0.6 is 0 Å². The summed E-state index contributed by atoms with van der Waals surface area (Å²) in [6.07, 6.45) is -3.37. The summed E-state index contributed by atoms with van der Waals surface area (Å²) in [5, 5.41) is 7.52. The number of carbonyl (C=O) groups is 2. The smallest absolute Gasteiger partial charge is 0.494 e. The topological polar surface area (TPSA) is 506 Å². The summed E-state index contributed by atoms with van der Waals surface area (Å²) in [7, 11) is 0. The van der Waals surface area contributed by atoms with Gasteiger partial charge in [-0.2, -0.15) is 24.6 Å². The zero-order chi connectivity index (χ0) is 9.40. The van der Waals surface area contributed by atoms with Gasteiger partial charge in [-0.25, -0.2) is 4.89 Å². The van der Waals surface area contributed by atoms with Crippen LogP contribution in [0.1, 0.15) is 44.6 Å². The molecule has 0 aliphatic rings. The van der Waals surface area contributed by atoms with E-state index in [9.17, 15) is 14.4 Å². The number of rotatable bonds is 2. The molecule has 0 fully saturated rings. The van der Waals surface area contributed by atoms with Crippen molar-refractivity contribution in [3.8, 4) is 0 Å². The number of hydrogen-bond acceptors (Lipinski definition) is 12. The largest absolute Gasteiger partial charge is 0.589 e. The number of carbonyl (C=O) groups excluding carboxylic acids is 3. The van der Waals surface area contributed by atoms with Gasteiger partial charge in [0.25, 0.3) is 0 Å². The van der Waals surface area contributed by atoms with E-state index in [1.54, 1.807) is 0 Å². The van der Waals surface area contributed by atoms with Crippen molar-refractivity contribution in [2.24, 2.45) is 0 Å². The number of hydrogen-bond donors (Lipinski definition) is 4. The Labute approximate surface area is 244 Å². The van der Waals surface area contributed by atoms with Crippen LogP contribution in [0.2, 0.25) is 0 Å². The fraction of sp³-hybridized carbons (Fsp3) is 0.667. The van der Waals surface area contributed by atoms with E-state index in [-0.39, 0.29) is 183 Å². The SMILES string of the molecule is C.C.C.C.C.C.N.N.N.O.O.O.O.O.O.O.O.O.O=[C-]OOC(=O)OOC(=O)OO.[La].[La]. The van der Waals surface area contributed by atoms with Crippen molar-refractivity contribution in [3.63, 3.8) is 0 Å². The van der Waals surface area contributed by atoms with Gasteiger partial charge in [0, 0.05) is 71.2 Å². The van der Waals surface area contributed by atoms with Crippen LogP contribution in [-0.4, -0.2) is 73.3 Å². The molecule has 0 aromatic heterocycles. The molecule has 0 atom stereocenters. The maximum atomic E-state index is 10.1. The Morgan fingerprint density at radius 2 is 0.750 bits per heavy atom. The molecule has 0 saturated heterocycles. The molecule has 0 aliphatic carbocycles. The van der Waals surface area contributed by atoms with Crippen LogP contribution in [0.5, 0.6) is 0 Å². The first-order chi connectivity index (χ1) is 5.70. The van der Waals surface area contributed by atoms with Gasteiger partial charge in [0.1, 0.15) is 0 Å². The molecule has 218 valence electrons. The zero-order valence-corrected chi connectivity index (χ0v) is 20.2. The minimum atomic E-state index is -1.71. The van der Waals surface area contributed by atoms with E-state index in [0.717, 1.165) is 0 Å². The molecular weight excluding hydrogens is 716 g/mol. The molecule has 2 radical (unpaired) electrons. The molecule has 0 aliphatic heterocycles. The molecule has 21 nitrogen and oxygen atoms in total. The van der Waals surface area contributed by atoms with Crippen molar-refractivity contribution in [3.05, 3.63) is 0 Å². The second kappa shape index (κ2) is 195. The molecule has 0 rings (SSSR count). The fourth-order valence-corrected chi connectivity index (χ4v) is 0.148. The minimum absolute atomic E-state index is 0. The average Bonchev–Trinajstić information content (AvgIpc) is 2.10. The van der Waals surface area contributed by atoms with Crippen molar-refractivity contribution in [1.82, 2.24) is 18.5 Å².